The van der Waals surface area contributed by atoms with Gasteiger partial charge in [0.05, 0.1) is 0 Å². The van der Waals surface area contributed by atoms with Crippen LogP contribution in [0.3, 0.4) is 0 Å². The van der Waals surface area contributed by atoms with Crippen molar-refractivity contribution in [2.45, 2.75) is 26.1 Å². The van der Waals surface area contributed by atoms with Crippen LogP contribution in [0.1, 0.15) is 6.92 Å². The highest BCUT2D eigenvalue weighted by atomic mass is 32.2. The third-order valence-corrected chi connectivity index (χ3v) is 5.30. The Kier molecular flexibility index (Phi) is 5.04. The molecule has 0 heterocycles. The molecule has 4 heteroatoms. The van der Waals surface area contributed by atoms with Crippen LogP contribution in [0.25, 0.3) is 0 Å². The van der Waals surface area contributed by atoms with E-state index in [0.717, 1.165) is 11.8 Å². The maximum atomic E-state index is 10.6. The first-order valence-electron chi connectivity index (χ1n) is 3.66. The van der Waals surface area contributed by atoms with Gasteiger partial charge in [0.25, 0.3) is 0 Å². The fraction of sp³-hybridized carbons (Fsp3) is 0.857. The van der Waals surface area contributed by atoms with E-state index in [-0.39, 0.29) is 5.12 Å². The molecule has 0 fully saturated rings. The molecule has 0 aliphatic carbocycles. The lowest BCUT2D eigenvalue weighted by Crippen LogP contribution is -2.28. The Labute approximate surface area is 73.8 Å². The molecule has 0 aliphatic rings. The molecule has 2 nitrogen and oxygen atoms in total. The Hall–Kier alpha value is 0.197. The van der Waals surface area contributed by atoms with Crippen LogP contribution in [0.2, 0.25) is 19.1 Å². The molecule has 0 rings (SSSR count). The summed E-state index contributed by atoms with van der Waals surface area (Å²) in [6.45, 7) is 5.92. The van der Waals surface area contributed by atoms with E-state index in [4.69, 9.17) is 4.43 Å². The summed E-state index contributed by atoms with van der Waals surface area (Å²) in [7, 11) is 0.337. The standard InChI is InChI=1S/C7H16O2SSi/c1-7(8)10-5-6-11(3,4)9-2/h5-6H2,1-4H3. The van der Waals surface area contributed by atoms with Crippen LogP contribution in [0.5, 0.6) is 0 Å². The monoisotopic (exact) mass is 192 g/mol. The molecule has 0 aromatic rings. The van der Waals surface area contributed by atoms with Crippen molar-refractivity contribution in [3.05, 3.63) is 0 Å². The Balaban J connectivity index is 3.45. The molecule has 0 saturated carbocycles. The molecule has 0 N–H and O–H groups in total. The summed E-state index contributed by atoms with van der Waals surface area (Å²) in [5, 5.41) is 0.200. The number of rotatable bonds is 4. The molecular formula is C7H16O2SSi. The number of thioether (sulfide) groups is 1. The second kappa shape index (κ2) is 4.95. The predicted octanol–water partition coefficient (Wildman–Crippen LogP) is 2.12. The van der Waals surface area contributed by atoms with E-state index in [2.05, 4.69) is 13.1 Å². The molecule has 0 atom stereocenters. The quantitative estimate of drug-likeness (QED) is 0.638. The largest absolute Gasteiger partial charge is 0.420 e. The molecular weight excluding hydrogens is 176 g/mol. The van der Waals surface area contributed by atoms with Crippen LogP contribution >= 0.6 is 11.8 Å². The fourth-order valence-electron chi connectivity index (χ4n) is 0.543. The highest BCUT2D eigenvalue weighted by molar-refractivity contribution is 8.13. The van der Waals surface area contributed by atoms with Crippen molar-refractivity contribution in [3.63, 3.8) is 0 Å². The van der Waals surface area contributed by atoms with E-state index in [1.807, 2.05) is 0 Å². The van der Waals surface area contributed by atoms with Crippen LogP contribution in [0, 0.1) is 0 Å². The van der Waals surface area contributed by atoms with Gasteiger partial charge in [-0.2, -0.15) is 0 Å². The molecule has 0 aliphatic heterocycles. The molecule has 66 valence electrons. The highest BCUT2D eigenvalue weighted by Gasteiger charge is 2.19. The Morgan fingerprint density at radius 1 is 1.55 bits per heavy atom. The van der Waals surface area contributed by atoms with Crippen LogP contribution in [0.15, 0.2) is 0 Å². The fourth-order valence-corrected chi connectivity index (χ4v) is 3.41. The Morgan fingerprint density at radius 3 is 2.45 bits per heavy atom. The topological polar surface area (TPSA) is 26.3 Å². The Morgan fingerprint density at radius 2 is 2.09 bits per heavy atom. The first-order chi connectivity index (χ1) is 4.98. The van der Waals surface area contributed by atoms with Gasteiger partial charge in [-0.05, 0) is 19.1 Å². The predicted molar refractivity (Wildman–Crippen MR) is 52.4 cm³/mol. The zero-order chi connectivity index (χ0) is 8.91. The van der Waals surface area contributed by atoms with Gasteiger partial charge < -0.3 is 4.43 Å². The molecule has 0 aromatic carbocycles. The van der Waals surface area contributed by atoms with Crippen molar-refractivity contribution < 1.29 is 9.22 Å². The molecule has 0 radical (unpaired) electrons. The number of hydrogen-bond donors (Lipinski definition) is 0. The van der Waals surface area contributed by atoms with Gasteiger partial charge in [0.1, 0.15) is 0 Å². The Bertz CT molecular complexity index is 136. The summed E-state index contributed by atoms with van der Waals surface area (Å²) < 4.78 is 5.33. The summed E-state index contributed by atoms with van der Waals surface area (Å²) in [6, 6.07) is 1.05. The molecule has 0 spiro atoms. The molecule has 0 aromatic heterocycles. The van der Waals surface area contributed by atoms with E-state index in [9.17, 15) is 4.79 Å². The zero-order valence-electron chi connectivity index (χ0n) is 7.64. The van der Waals surface area contributed by atoms with Gasteiger partial charge in [-0.15, -0.1) is 0 Å². The average Bonchev–Trinajstić information content (AvgIpc) is 1.87. The lowest BCUT2D eigenvalue weighted by molar-refractivity contribution is -0.109. The normalized spacial score (nSPS) is 11.6. The van der Waals surface area contributed by atoms with Gasteiger partial charge in [0, 0.05) is 19.8 Å². The number of carbonyl (C=O) groups is 1. The first kappa shape index (κ1) is 11.2. The van der Waals surface area contributed by atoms with E-state index < -0.39 is 8.32 Å². The summed E-state index contributed by atoms with van der Waals surface area (Å²) >= 11 is 1.39. The smallest absolute Gasteiger partial charge is 0.187 e. The maximum Gasteiger partial charge on any atom is 0.187 e. The molecule has 0 amide bonds. The van der Waals surface area contributed by atoms with Crippen LogP contribution in [-0.2, 0) is 9.22 Å². The third-order valence-electron chi connectivity index (χ3n) is 1.56. The van der Waals surface area contributed by atoms with E-state index >= 15 is 0 Å². The molecule has 0 bridgehead atoms. The zero-order valence-corrected chi connectivity index (χ0v) is 9.46. The van der Waals surface area contributed by atoms with Gasteiger partial charge in [0.2, 0.25) is 0 Å². The van der Waals surface area contributed by atoms with Gasteiger partial charge in [-0.25, -0.2) is 0 Å². The molecule has 11 heavy (non-hydrogen) atoms. The lowest BCUT2D eigenvalue weighted by atomic mass is 10.9. The summed E-state index contributed by atoms with van der Waals surface area (Å²) in [5.74, 6) is 0.905. The van der Waals surface area contributed by atoms with Gasteiger partial charge >= 0.3 is 0 Å². The van der Waals surface area contributed by atoms with Crippen molar-refractivity contribution in [3.8, 4) is 0 Å². The maximum absolute atomic E-state index is 10.6. The average molecular weight is 192 g/mol. The van der Waals surface area contributed by atoms with E-state index in [0.29, 0.717) is 0 Å². The summed E-state index contributed by atoms with van der Waals surface area (Å²) in [4.78, 5) is 10.6. The van der Waals surface area contributed by atoms with Crippen molar-refractivity contribution in [1.82, 2.24) is 0 Å². The second-order valence-electron chi connectivity index (χ2n) is 3.05. The highest BCUT2D eigenvalue weighted by Crippen LogP contribution is 2.14. The lowest BCUT2D eigenvalue weighted by Gasteiger charge is -2.18. The van der Waals surface area contributed by atoms with Crippen LogP contribution in [-0.4, -0.2) is 26.3 Å². The third kappa shape index (κ3) is 6.59. The van der Waals surface area contributed by atoms with E-state index in [1.165, 1.54) is 11.8 Å². The number of hydrogen-bond acceptors (Lipinski definition) is 3. The van der Waals surface area contributed by atoms with Crippen molar-refractivity contribution in [1.29, 1.82) is 0 Å². The van der Waals surface area contributed by atoms with Crippen molar-refractivity contribution in [2.24, 2.45) is 0 Å². The summed E-state index contributed by atoms with van der Waals surface area (Å²) in [5.41, 5.74) is 0. The van der Waals surface area contributed by atoms with Crippen LogP contribution < -0.4 is 0 Å². The van der Waals surface area contributed by atoms with Gasteiger partial charge in [-0.1, -0.05) is 11.8 Å². The minimum absolute atomic E-state index is 0.200. The summed E-state index contributed by atoms with van der Waals surface area (Å²) in [6.07, 6.45) is 0. The van der Waals surface area contributed by atoms with E-state index in [1.54, 1.807) is 14.0 Å². The minimum Gasteiger partial charge on any atom is -0.420 e. The van der Waals surface area contributed by atoms with Gasteiger partial charge in [-0.3, -0.25) is 4.79 Å². The van der Waals surface area contributed by atoms with Crippen LogP contribution in [0.4, 0.5) is 0 Å². The minimum atomic E-state index is -1.42. The van der Waals surface area contributed by atoms with Gasteiger partial charge in [0.15, 0.2) is 13.4 Å². The molecule has 0 unspecified atom stereocenters. The second-order valence-corrected chi connectivity index (χ2v) is 8.75. The van der Waals surface area contributed by atoms with Crippen molar-refractivity contribution >= 4 is 25.2 Å². The molecule has 0 saturated heterocycles. The van der Waals surface area contributed by atoms with Crippen molar-refractivity contribution in [2.75, 3.05) is 12.9 Å². The number of carbonyl (C=O) groups excluding carboxylic acids is 1. The first-order valence-corrected chi connectivity index (χ1v) is 7.76. The SMILES string of the molecule is CO[Si](C)(C)CCSC(C)=O.